The van der Waals surface area contributed by atoms with Gasteiger partial charge >= 0.3 is 6.01 Å². The second-order valence-corrected chi connectivity index (χ2v) is 1.12. The molecule has 0 aliphatic rings. The third-order valence-electron chi connectivity index (χ3n) is 0.588. The summed E-state index contributed by atoms with van der Waals surface area (Å²) in [7, 11) is 0. The number of hydrogen-bond acceptors (Lipinski definition) is 4. The van der Waals surface area contributed by atoms with E-state index in [1.807, 2.05) is 0 Å². The molecule has 0 bridgehead atoms. The summed E-state index contributed by atoms with van der Waals surface area (Å²) in [6, 6.07) is -0.123. The lowest BCUT2D eigenvalue weighted by molar-refractivity contribution is 0.448. The van der Waals surface area contributed by atoms with Gasteiger partial charge < -0.3 is 9.52 Å². The number of nitrogens with zero attached hydrogens (tertiary/aromatic N) is 2. The molecule has 2 N–H and O–H groups in total. The summed E-state index contributed by atoms with van der Waals surface area (Å²) in [5, 5.41) is 8.43. The van der Waals surface area contributed by atoms with Crippen LogP contribution in [0.4, 0.5) is 6.01 Å². The van der Waals surface area contributed by atoms with E-state index in [0.717, 1.165) is 6.26 Å². The molecule has 0 amide bonds. The smallest absolute Gasteiger partial charge is 0.315 e. The van der Waals surface area contributed by atoms with Crippen molar-refractivity contribution in [3.05, 3.63) is 6.26 Å². The van der Waals surface area contributed by atoms with Crippen LogP contribution in [0.25, 0.3) is 0 Å². The minimum atomic E-state index is -0.262. The Hall–Kier alpha value is -1.23. The van der Waals surface area contributed by atoms with Crippen LogP contribution in [0.2, 0.25) is 0 Å². The molecule has 5 heteroatoms. The van der Waals surface area contributed by atoms with Crippen molar-refractivity contribution in [1.82, 2.24) is 10.8 Å². The minimum Gasteiger partial charge on any atom is -0.491 e. The third-order valence-corrected chi connectivity index (χ3v) is 0.588. The van der Waals surface area contributed by atoms with Gasteiger partial charge in [0.2, 0.25) is 0 Å². The van der Waals surface area contributed by atoms with Gasteiger partial charge in [-0.3, -0.25) is 0 Å². The summed E-state index contributed by atoms with van der Waals surface area (Å²) in [6.07, 6.45) is 0.999. The first-order valence-corrected chi connectivity index (χ1v) is 1.87. The van der Waals surface area contributed by atoms with E-state index in [1.54, 1.807) is 5.43 Å². The molecule has 0 aliphatic carbocycles. The van der Waals surface area contributed by atoms with E-state index in [-0.39, 0.29) is 11.9 Å². The molecule has 0 unspecified atom stereocenters. The van der Waals surface area contributed by atoms with Crippen LogP contribution in [0.1, 0.15) is 0 Å². The maximum absolute atomic E-state index is 8.43. The Bertz CT molecular complexity index is 173. The highest BCUT2D eigenvalue weighted by molar-refractivity contribution is 5.19. The summed E-state index contributed by atoms with van der Waals surface area (Å²) in [5.41, 5.74) is 1.61. The second-order valence-electron chi connectivity index (χ2n) is 1.12. The first-order valence-electron chi connectivity index (χ1n) is 1.87. The van der Waals surface area contributed by atoms with E-state index in [1.165, 1.54) is 0 Å². The van der Waals surface area contributed by atoms with E-state index in [4.69, 9.17) is 10.9 Å². The van der Waals surface area contributed by atoms with Crippen molar-refractivity contribution in [3.8, 4) is 5.88 Å². The van der Waals surface area contributed by atoms with Crippen LogP contribution in [-0.2, 0) is 0 Å². The molecule has 1 aromatic heterocycles. The molecule has 0 saturated heterocycles. The van der Waals surface area contributed by atoms with Crippen LogP contribution >= 0.6 is 0 Å². The fraction of sp³-hybridized carbons (Fsp3) is 0. The molecule has 2 radical (unpaired) electrons. The molecule has 1 aromatic rings. The van der Waals surface area contributed by atoms with Crippen molar-refractivity contribution in [3.63, 3.8) is 0 Å². The quantitative estimate of drug-likeness (QED) is 0.493. The fourth-order valence-corrected chi connectivity index (χ4v) is 0.317. The van der Waals surface area contributed by atoms with Crippen molar-refractivity contribution in [2.45, 2.75) is 0 Å². The highest BCUT2D eigenvalue weighted by Gasteiger charge is 1.96. The predicted molar refractivity (Wildman–Crippen MR) is 23.9 cm³/mol. The van der Waals surface area contributed by atoms with Crippen LogP contribution < -0.4 is 11.3 Å². The Morgan fingerprint density at radius 2 is 2.62 bits per heavy atom. The van der Waals surface area contributed by atoms with E-state index in [9.17, 15) is 0 Å². The van der Waals surface area contributed by atoms with Crippen LogP contribution in [0.5, 0.6) is 5.88 Å². The molecule has 0 aromatic carbocycles. The molecule has 0 atom stereocenters. The van der Waals surface area contributed by atoms with Crippen molar-refractivity contribution in [1.29, 1.82) is 0 Å². The average Bonchev–Trinajstić information content (AvgIpc) is 2.14. The Morgan fingerprint density at radius 3 is 2.88 bits per heavy atom. The lowest BCUT2D eigenvalue weighted by Gasteiger charge is -1.79. The number of aromatic nitrogens is 1. The number of nitrogens with one attached hydrogen (secondary N) is 1. The normalized spacial score (nSPS) is 9.12. The van der Waals surface area contributed by atoms with Gasteiger partial charge in [-0.1, -0.05) is 0 Å². The topological polar surface area (TPSA) is 80.6 Å². The van der Waals surface area contributed by atoms with Gasteiger partial charge in [-0.2, -0.15) is 4.98 Å². The first kappa shape index (κ1) is 4.92. The molecular weight excluding hydrogens is 110 g/mol. The summed E-state index contributed by atoms with van der Waals surface area (Å²) < 4.78 is 4.39. The van der Waals surface area contributed by atoms with Gasteiger partial charge in [0.05, 0.1) is 0 Å². The average molecular weight is 113 g/mol. The molecule has 0 saturated carbocycles. The molecule has 1 rings (SSSR count). The summed E-state index contributed by atoms with van der Waals surface area (Å²) in [6.45, 7) is 0. The van der Waals surface area contributed by atoms with Crippen LogP contribution in [0, 0.1) is 0 Å². The Balaban J connectivity index is 2.84. The van der Waals surface area contributed by atoms with Crippen molar-refractivity contribution >= 4 is 6.01 Å². The zero-order valence-electron chi connectivity index (χ0n) is 3.83. The van der Waals surface area contributed by atoms with E-state index < -0.39 is 0 Å². The predicted octanol–water partition coefficient (Wildman–Crippen LogP) is -0.224. The van der Waals surface area contributed by atoms with Crippen LogP contribution in [0.3, 0.4) is 0 Å². The minimum absolute atomic E-state index is 0.123. The van der Waals surface area contributed by atoms with Gasteiger partial charge in [-0.25, -0.2) is 5.43 Å². The molecular formula is C3H3N3O2. The monoisotopic (exact) mass is 113 g/mol. The van der Waals surface area contributed by atoms with E-state index >= 15 is 0 Å². The van der Waals surface area contributed by atoms with Crippen LogP contribution in [-0.4, -0.2) is 10.1 Å². The lowest BCUT2D eigenvalue weighted by atomic mass is 10.9. The number of aromatic hydroxyl groups is 1. The molecule has 5 nitrogen and oxygen atoms in total. The van der Waals surface area contributed by atoms with Gasteiger partial charge in [0, 0.05) is 0 Å². The van der Waals surface area contributed by atoms with E-state index in [2.05, 4.69) is 9.40 Å². The highest BCUT2D eigenvalue weighted by Crippen LogP contribution is 2.09. The zero-order valence-corrected chi connectivity index (χ0v) is 3.83. The molecule has 1 heterocycles. The highest BCUT2D eigenvalue weighted by atomic mass is 16.4. The molecule has 0 fully saturated rings. The number of rotatable bonds is 1. The molecule has 42 valence electrons. The standard InChI is InChI=1S/C3H3N3O2/c4-6-3-5-2(7)1-8-3/h1,7H,(H,5,6). The largest absolute Gasteiger partial charge is 0.491 e. The van der Waals surface area contributed by atoms with Gasteiger partial charge in [0.1, 0.15) is 0 Å². The lowest BCUT2D eigenvalue weighted by Crippen LogP contribution is -1.90. The SMILES string of the molecule is [N]Nc1nc(O)co1. The van der Waals surface area contributed by atoms with Gasteiger partial charge in [0.25, 0.3) is 5.88 Å². The third kappa shape index (κ3) is 0.710. The fourth-order valence-electron chi connectivity index (χ4n) is 0.317. The first-order chi connectivity index (χ1) is 3.83. The zero-order chi connectivity index (χ0) is 5.98. The Morgan fingerprint density at radius 1 is 1.88 bits per heavy atom. The molecule has 0 spiro atoms. The molecule has 0 aliphatic heterocycles. The second kappa shape index (κ2) is 1.71. The van der Waals surface area contributed by atoms with Gasteiger partial charge in [0.15, 0.2) is 6.26 Å². The summed E-state index contributed by atoms with van der Waals surface area (Å²) >= 11 is 0. The van der Waals surface area contributed by atoms with Gasteiger partial charge in [-0.05, 0) is 5.84 Å². The van der Waals surface area contributed by atoms with E-state index in [0.29, 0.717) is 0 Å². The van der Waals surface area contributed by atoms with Crippen molar-refractivity contribution < 1.29 is 9.52 Å². The van der Waals surface area contributed by atoms with Crippen molar-refractivity contribution in [2.75, 3.05) is 5.43 Å². The maximum atomic E-state index is 8.43. The number of anilines is 1. The summed E-state index contributed by atoms with van der Waals surface area (Å²) in [4.78, 5) is 3.26. The van der Waals surface area contributed by atoms with Crippen LogP contribution in [0.15, 0.2) is 10.7 Å². The number of oxazole rings is 1. The molecule has 8 heavy (non-hydrogen) atoms. The number of hydrogen-bond donors (Lipinski definition) is 2. The maximum Gasteiger partial charge on any atom is 0.315 e. The van der Waals surface area contributed by atoms with Crippen molar-refractivity contribution in [2.24, 2.45) is 0 Å². The summed E-state index contributed by atoms with van der Waals surface area (Å²) in [5.74, 6) is 7.77. The van der Waals surface area contributed by atoms with Gasteiger partial charge in [-0.15, -0.1) is 0 Å². The Kier molecular flexibility index (Phi) is 1.05. The Labute approximate surface area is 45.1 Å².